The van der Waals surface area contributed by atoms with E-state index in [1.54, 1.807) is 0 Å². The molecule has 0 spiro atoms. The molecule has 2 atom stereocenters. The van der Waals surface area contributed by atoms with Gasteiger partial charge in [0.2, 0.25) is 0 Å². The molecule has 0 amide bonds. The summed E-state index contributed by atoms with van der Waals surface area (Å²) in [6.45, 7) is 5.98. The molecule has 1 heteroatoms. The van der Waals surface area contributed by atoms with Crippen molar-refractivity contribution in [3.63, 3.8) is 0 Å². The van der Waals surface area contributed by atoms with Crippen LogP contribution in [-0.2, 0) is 0 Å². The lowest BCUT2D eigenvalue weighted by Crippen LogP contribution is -2.10. The number of rotatable bonds is 4. The van der Waals surface area contributed by atoms with E-state index in [2.05, 4.69) is 6.92 Å². The molecule has 0 aliphatic carbocycles. The summed E-state index contributed by atoms with van der Waals surface area (Å²) in [5.74, 6) is 0.264. The number of hydrogen-bond acceptors (Lipinski definition) is 0. The second-order valence-corrected chi connectivity index (χ2v) is 2.69. The van der Waals surface area contributed by atoms with E-state index >= 15 is 0 Å². The van der Waals surface area contributed by atoms with Gasteiger partial charge >= 0.3 is 0 Å². The summed E-state index contributed by atoms with van der Waals surface area (Å²) in [6, 6.07) is 0. The first-order chi connectivity index (χ1) is 4.22. The van der Waals surface area contributed by atoms with Gasteiger partial charge in [0.05, 0.1) is 0 Å². The minimum atomic E-state index is -0.579. The van der Waals surface area contributed by atoms with Crippen molar-refractivity contribution in [1.29, 1.82) is 0 Å². The van der Waals surface area contributed by atoms with Crippen LogP contribution in [0.2, 0.25) is 0 Å². The van der Waals surface area contributed by atoms with Crippen LogP contribution in [0.4, 0.5) is 4.39 Å². The van der Waals surface area contributed by atoms with Crippen LogP contribution in [0, 0.1) is 5.92 Å². The third kappa shape index (κ3) is 3.50. The normalized spacial score (nSPS) is 17.3. The Balaban J connectivity index is 3.32. The molecule has 0 aromatic rings. The fourth-order valence-electron chi connectivity index (χ4n) is 1.04. The zero-order valence-electron chi connectivity index (χ0n) is 6.65. The second kappa shape index (κ2) is 4.78. The molecule has 0 radical (unpaired) electrons. The summed E-state index contributed by atoms with van der Waals surface area (Å²) in [5.41, 5.74) is 0. The van der Waals surface area contributed by atoms with E-state index in [-0.39, 0.29) is 5.92 Å². The molecule has 0 saturated carbocycles. The zero-order valence-corrected chi connectivity index (χ0v) is 6.65. The van der Waals surface area contributed by atoms with Gasteiger partial charge in [0.15, 0.2) is 0 Å². The van der Waals surface area contributed by atoms with Crippen LogP contribution in [0.5, 0.6) is 0 Å². The van der Waals surface area contributed by atoms with E-state index in [0.717, 1.165) is 12.8 Å². The van der Waals surface area contributed by atoms with Gasteiger partial charge in [-0.3, -0.25) is 0 Å². The Bertz CT molecular complexity index is 61.6. The highest BCUT2D eigenvalue weighted by atomic mass is 19.1. The third-order valence-corrected chi connectivity index (χ3v) is 1.75. The lowest BCUT2D eigenvalue weighted by atomic mass is 9.99. The van der Waals surface area contributed by atoms with Gasteiger partial charge in [-0.05, 0) is 18.8 Å². The van der Waals surface area contributed by atoms with E-state index in [1.807, 2.05) is 13.8 Å². The summed E-state index contributed by atoms with van der Waals surface area (Å²) in [6.07, 6.45) is 2.21. The van der Waals surface area contributed by atoms with Gasteiger partial charge in [0, 0.05) is 0 Å². The zero-order chi connectivity index (χ0) is 7.28. The Morgan fingerprint density at radius 3 is 2.22 bits per heavy atom. The Morgan fingerprint density at radius 2 is 1.89 bits per heavy atom. The monoisotopic (exact) mass is 132 g/mol. The maximum Gasteiger partial charge on any atom is 0.102 e. The van der Waals surface area contributed by atoms with Crippen molar-refractivity contribution in [1.82, 2.24) is 0 Å². The van der Waals surface area contributed by atoms with E-state index < -0.39 is 6.17 Å². The predicted molar refractivity (Wildman–Crippen MR) is 39.3 cm³/mol. The average Bonchev–Trinajstić information content (AvgIpc) is 1.87. The molecule has 0 aromatic heterocycles. The van der Waals surface area contributed by atoms with Crippen LogP contribution in [0.1, 0.15) is 40.0 Å². The van der Waals surface area contributed by atoms with Gasteiger partial charge < -0.3 is 0 Å². The van der Waals surface area contributed by atoms with Crippen molar-refractivity contribution >= 4 is 0 Å². The first-order valence-corrected chi connectivity index (χ1v) is 3.86. The van der Waals surface area contributed by atoms with Crippen molar-refractivity contribution in [3.05, 3.63) is 0 Å². The predicted octanol–water partition coefficient (Wildman–Crippen LogP) is 3.17. The molecule has 0 rings (SSSR count). The van der Waals surface area contributed by atoms with Crippen molar-refractivity contribution in [2.24, 2.45) is 5.92 Å². The molecule has 0 aliphatic rings. The van der Waals surface area contributed by atoms with Crippen LogP contribution in [-0.4, -0.2) is 6.17 Å². The molecular formula is C8H17F. The highest BCUT2D eigenvalue weighted by Gasteiger charge is 2.11. The topological polar surface area (TPSA) is 0 Å². The molecular weight excluding hydrogens is 115 g/mol. The largest absolute Gasteiger partial charge is 0.247 e. The number of alkyl halides is 1. The molecule has 0 bridgehead atoms. The number of halogens is 1. The molecule has 0 aliphatic heterocycles. The molecule has 0 N–H and O–H groups in total. The molecule has 0 heterocycles. The summed E-state index contributed by atoms with van der Waals surface area (Å²) in [7, 11) is 0. The highest BCUT2D eigenvalue weighted by Crippen LogP contribution is 2.15. The molecule has 0 aromatic carbocycles. The minimum absolute atomic E-state index is 0.264. The van der Waals surface area contributed by atoms with Crippen LogP contribution < -0.4 is 0 Å². The smallest absolute Gasteiger partial charge is 0.102 e. The van der Waals surface area contributed by atoms with E-state index in [4.69, 9.17) is 0 Å². The maximum atomic E-state index is 12.7. The van der Waals surface area contributed by atoms with Crippen LogP contribution in [0.15, 0.2) is 0 Å². The third-order valence-electron chi connectivity index (χ3n) is 1.75. The minimum Gasteiger partial charge on any atom is -0.247 e. The fourth-order valence-corrected chi connectivity index (χ4v) is 1.04. The highest BCUT2D eigenvalue weighted by molar-refractivity contribution is 4.61. The summed E-state index contributed by atoms with van der Waals surface area (Å²) >= 11 is 0. The van der Waals surface area contributed by atoms with Gasteiger partial charge in [-0.2, -0.15) is 0 Å². The van der Waals surface area contributed by atoms with Gasteiger partial charge in [-0.15, -0.1) is 0 Å². The SMILES string of the molecule is CCC[C@@H](C)C(F)CC. The first-order valence-electron chi connectivity index (χ1n) is 3.86. The van der Waals surface area contributed by atoms with Crippen molar-refractivity contribution < 1.29 is 4.39 Å². The first kappa shape index (κ1) is 8.93. The van der Waals surface area contributed by atoms with Gasteiger partial charge in [0.25, 0.3) is 0 Å². The maximum absolute atomic E-state index is 12.7. The molecule has 0 fully saturated rings. The van der Waals surface area contributed by atoms with Gasteiger partial charge in [-0.25, -0.2) is 4.39 Å². The lowest BCUT2D eigenvalue weighted by Gasteiger charge is -2.12. The van der Waals surface area contributed by atoms with Crippen LogP contribution >= 0.6 is 0 Å². The van der Waals surface area contributed by atoms with Gasteiger partial charge in [-0.1, -0.05) is 27.2 Å². The molecule has 1 unspecified atom stereocenters. The van der Waals surface area contributed by atoms with Gasteiger partial charge in [0.1, 0.15) is 6.17 Å². The van der Waals surface area contributed by atoms with E-state index in [0.29, 0.717) is 6.42 Å². The van der Waals surface area contributed by atoms with Crippen molar-refractivity contribution in [2.45, 2.75) is 46.2 Å². The quantitative estimate of drug-likeness (QED) is 0.551. The number of hydrogen-bond donors (Lipinski definition) is 0. The van der Waals surface area contributed by atoms with Crippen LogP contribution in [0.3, 0.4) is 0 Å². The molecule has 0 nitrogen and oxygen atoms in total. The Morgan fingerprint density at radius 1 is 1.33 bits per heavy atom. The Labute approximate surface area is 57.5 Å². The molecule has 56 valence electrons. The molecule has 9 heavy (non-hydrogen) atoms. The van der Waals surface area contributed by atoms with Crippen LogP contribution in [0.25, 0.3) is 0 Å². The second-order valence-electron chi connectivity index (χ2n) is 2.69. The Kier molecular flexibility index (Phi) is 4.74. The fraction of sp³-hybridized carbons (Fsp3) is 1.00. The average molecular weight is 132 g/mol. The molecule has 0 saturated heterocycles. The van der Waals surface area contributed by atoms with Crippen molar-refractivity contribution in [2.75, 3.05) is 0 Å². The summed E-state index contributed by atoms with van der Waals surface area (Å²) in [4.78, 5) is 0. The van der Waals surface area contributed by atoms with E-state index in [1.165, 1.54) is 0 Å². The summed E-state index contributed by atoms with van der Waals surface area (Å²) < 4.78 is 12.7. The summed E-state index contributed by atoms with van der Waals surface area (Å²) in [5, 5.41) is 0. The van der Waals surface area contributed by atoms with E-state index in [9.17, 15) is 4.39 Å². The van der Waals surface area contributed by atoms with Crippen molar-refractivity contribution in [3.8, 4) is 0 Å². The Hall–Kier alpha value is -0.0700. The lowest BCUT2D eigenvalue weighted by molar-refractivity contribution is 0.224. The standard InChI is InChI=1S/C8H17F/c1-4-6-7(3)8(9)5-2/h7-8H,4-6H2,1-3H3/t7-,8?/m1/s1.